The first kappa shape index (κ1) is 27.3. The fourth-order valence-electron chi connectivity index (χ4n) is 4.42. The number of hydrogen-bond donors (Lipinski definition) is 2. The molecule has 198 valence electrons. The van der Waals surface area contributed by atoms with E-state index in [1.807, 2.05) is 6.07 Å². The molecule has 0 amide bonds. The highest BCUT2D eigenvalue weighted by Crippen LogP contribution is 2.43. The molecule has 0 saturated carbocycles. The van der Waals surface area contributed by atoms with E-state index in [1.54, 1.807) is 42.5 Å². The number of thioether (sulfide) groups is 1. The maximum atomic E-state index is 13.2. The molecule has 3 aromatic rings. The first-order valence-corrected chi connectivity index (χ1v) is 13.7. The van der Waals surface area contributed by atoms with Gasteiger partial charge < -0.3 is 20.3 Å². The Morgan fingerprint density at radius 3 is 2.32 bits per heavy atom. The molecule has 0 aliphatic heterocycles. The van der Waals surface area contributed by atoms with Gasteiger partial charge in [0, 0.05) is 17.2 Å². The van der Waals surface area contributed by atoms with Crippen molar-refractivity contribution in [3.05, 3.63) is 76.9 Å². The number of ketones is 2. The predicted molar refractivity (Wildman–Crippen MR) is 147 cm³/mol. The van der Waals surface area contributed by atoms with Crippen LogP contribution in [0.3, 0.4) is 0 Å². The Labute approximate surface area is 226 Å². The van der Waals surface area contributed by atoms with Crippen LogP contribution in [0.2, 0.25) is 0 Å². The number of rotatable bonds is 11. The first-order chi connectivity index (χ1) is 18.3. The summed E-state index contributed by atoms with van der Waals surface area (Å²) in [6.45, 7) is 4.65. The minimum atomic E-state index is -0.472. The molecule has 1 atom stereocenters. The summed E-state index contributed by atoms with van der Waals surface area (Å²) in [5.74, 6) is -0.740. The summed E-state index contributed by atoms with van der Waals surface area (Å²) in [5.41, 5.74) is 6.52. The molecule has 0 saturated heterocycles. The number of unbranched alkanes of at least 4 members (excludes halogenated alkanes) is 1. The molecule has 0 heterocycles. The smallest absolute Gasteiger partial charge is 0.316 e. The van der Waals surface area contributed by atoms with Crippen LogP contribution in [0.4, 0.5) is 5.69 Å². The van der Waals surface area contributed by atoms with Crippen molar-refractivity contribution in [2.45, 2.75) is 44.4 Å². The third-order valence-corrected chi connectivity index (χ3v) is 7.65. The number of fused-ring (bicyclic) bond motifs is 2. The maximum absolute atomic E-state index is 13.2. The monoisotopic (exact) mass is 533 g/mol. The molecule has 4 rings (SSSR count). The second kappa shape index (κ2) is 12.2. The number of para-hydroxylation sites is 1. The van der Waals surface area contributed by atoms with Gasteiger partial charge >= 0.3 is 5.97 Å². The highest BCUT2D eigenvalue weighted by molar-refractivity contribution is 8.00. The molecule has 3 N–H and O–H groups in total. The molecule has 0 fully saturated rings. The number of ether oxygens (including phenoxy) is 2. The average Bonchev–Trinajstić information content (AvgIpc) is 2.93. The predicted octanol–water partition coefficient (Wildman–Crippen LogP) is 6.39. The van der Waals surface area contributed by atoms with E-state index in [9.17, 15) is 19.5 Å². The molecule has 0 spiro atoms. The standard InChI is InChI=1S/C30H31NO6S/c1-3-5-10-18(4-2)16-36-25(33)17-38-24-14-9-8-13-22(24)37-23-15-21(32)26-27(28(23)31)30(35)20-12-7-6-11-19(20)29(26)34/h6-9,11-15,18,32H,3-5,10,16-17,31H2,1-2H3. The molecule has 38 heavy (non-hydrogen) atoms. The lowest BCUT2D eigenvalue weighted by molar-refractivity contribution is -0.141. The summed E-state index contributed by atoms with van der Waals surface area (Å²) in [5, 5.41) is 10.7. The number of nitrogen functional groups attached to an aromatic ring is 1. The Kier molecular flexibility index (Phi) is 8.73. The number of esters is 1. The van der Waals surface area contributed by atoms with E-state index in [4.69, 9.17) is 15.2 Å². The van der Waals surface area contributed by atoms with Crippen LogP contribution in [-0.4, -0.2) is 35.0 Å². The second-order valence-electron chi connectivity index (χ2n) is 9.20. The van der Waals surface area contributed by atoms with Crippen LogP contribution in [0, 0.1) is 5.92 Å². The van der Waals surface area contributed by atoms with E-state index in [0.29, 0.717) is 23.2 Å². The van der Waals surface area contributed by atoms with Crippen molar-refractivity contribution < 1.29 is 29.0 Å². The molecule has 1 unspecified atom stereocenters. The molecule has 1 aliphatic carbocycles. The zero-order valence-corrected chi connectivity index (χ0v) is 22.3. The lowest BCUT2D eigenvalue weighted by Gasteiger charge is -2.22. The van der Waals surface area contributed by atoms with Crippen molar-refractivity contribution in [2.24, 2.45) is 5.92 Å². The van der Waals surface area contributed by atoms with E-state index in [1.165, 1.54) is 17.8 Å². The van der Waals surface area contributed by atoms with Gasteiger partial charge in [0.1, 0.15) is 11.5 Å². The Hall–Kier alpha value is -3.78. The largest absolute Gasteiger partial charge is 0.507 e. The molecule has 7 nitrogen and oxygen atoms in total. The summed E-state index contributed by atoms with van der Waals surface area (Å²) in [6, 6.07) is 14.7. The Morgan fingerprint density at radius 1 is 0.974 bits per heavy atom. The number of phenols is 1. The number of carbonyl (C=O) groups excluding carboxylic acids is 3. The number of hydrogen-bond acceptors (Lipinski definition) is 8. The van der Waals surface area contributed by atoms with Crippen LogP contribution in [0.1, 0.15) is 71.4 Å². The van der Waals surface area contributed by atoms with Gasteiger partial charge in [-0.1, -0.05) is 69.5 Å². The first-order valence-electron chi connectivity index (χ1n) is 12.7. The fourth-order valence-corrected chi connectivity index (χ4v) is 5.20. The average molecular weight is 534 g/mol. The third-order valence-electron chi connectivity index (χ3n) is 6.62. The zero-order chi connectivity index (χ0) is 27.2. The molecular weight excluding hydrogens is 502 g/mol. The van der Waals surface area contributed by atoms with Gasteiger partial charge in [-0.15, -0.1) is 11.8 Å². The SMILES string of the molecule is CCCCC(CC)COC(=O)CSc1ccccc1Oc1cc(O)c2c(c1N)C(=O)c1ccccc1C2=O. The lowest BCUT2D eigenvalue weighted by atomic mass is 9.82. The number of aromatic hydroxyl groups is 1. The summed E-state index contributed by atoms with van der Waals surface area (Å²) in [4.78, 5) is 39.3. The van der Waals surface area contributed by atoms with Crippen LogP contribution in [0.15, 0.2) is 59.5 Å². The number of phenolic OH excluding ortho intramolecular Hbond substituents is 1. The molecule has 0 bridgehead atoms. The summed E-state index contributed by atoms with van der Waals surface area (Å²) in [6.07, 6.45) is 4.23. The van der Waals surface area contributed by atoms with Crippen molar-refractivity contribution in [3.63, 3.8) is 0 Å². The Morgan fingerprint density at radius 2 is 1.63 bits per heavy atom. The molecular formula is C30H31NO6S. The van der Waals surface area contributed by atoms with Gasteiger partial charge in [-0.25, -0.2) is 0 Å². The molecule has 1 aliphatic rings. The van der Waals surface area contributed by atoms with Gasteiger partial charge in [-0.2, -0.15) is 0 Å². The third kappa shape index (κ3) is 5.70. The van der Waals surface area contributed by atoms with Gasteiger partial charge in [0.15, 0.2) is 17.3 Å². The van der Waals surface area contributed by atoms with Crippen molar-refractivity contribution in [1.82, 2.24) is 0 Å². The van der Waals surface area contributed by atoms with Crippen molar-refractivity contribution in [2.75, 3.05) is 18.1 Å². The van der Waals surface area contributed by atoms with Crippen LogP contribution >= 0.6 is 11.8 Å². The quantitative estimate of drug-likeness (QED) is 0.0985. The molecule has 0 aromatic heterocycles. The van der Waals surface area contributed by atoms with Gasteiger partial charge in [0.2, 0.25) is 0 Å². The lowest BCUT2D eigenvalue weighted by Crippen LogP contribution is -2.22. The summed E-state index contributed by atoms with van der Waals surface area (Å²) in [7, 11) is 0. The highest BCUT2D eigenvalue weighted by atomic mass is 32.2. The van der Waals surface area contributed by atoms with Crippen LogP contribution in [0.5, 0.6) is 17.2 Å². The van der Waals surface area contributed by atoms with Crippen molar-refractivity contribution in [1.29, 1.82) is 0 Å². The van der Waals surface area contributed by atoms with E-state index < -0.39 is 11.6 Å². The Balaban J connectivity index is 1.51. The summed E-state index contributed by atoms with van der Waals surface area (Å²) >= 11 is 1.26. The topological polar surface area (TPSA) is 116 Å². The van der Waals surface area contributed by atoms with Crippen LogP contribution in [-0.2, 0) is 9.53 Å². The fraction of sp³-hybridized carbons (Fsp3) is 0.300. The second-order valence-corrected chi connectivity index (χ2v) is 10.2. The number of anilines is 1. The van der Waals surface area contributed by atoms with Crippen LogP contribution in [0.25, 0.3) is 0 Å². The van der Waals surface area contributed by atoms with E-state index in [-0.39, 0.29) is 51.2 Å². The van der Waals surface area contributed by atoms with E-state index in [2.05, 4.69) is 13.8 Å². The van der Waals surface area contributed by atoms with Gasteiger partial charge in [-0.05, 0) is 24.5 Å². The van der Waals surface area contributed by atoms with Crippen molar-refractivity contribution >= 4 is 35.0 Å². The number of benzene rings is 3. The van der Waals surface area contributed by atoms with E-state index >= 15 is 0 Å². The minimum Gasteiger partial charge on any atom is -0.507 e. The van der Waals surface area contributed by atoms with Gasteiger partial charge in [-0.3, -0.25) is 14.4 Å². The normalized spacial score (nSPS) is 13.0. The zero-order valence-electron chi connectivity index (χ0n) is 21.5. The maximum Gasteiger partial charge on any atom is 0.316 e. The van der Waals surface area contributed by atoms with Crippen molar-refractivity contribution in [3.8, 4) is 17.2 Å². The molecule has 3 aromatic carbocycles. The van der Waals surface area contributed by atoms with E-state index in [0.717, 1.165) is 25.7 Å². The Bertz CT molecular complexity index is 1370. The number of nitrogens with two attached hydrogens (primary N) is 1. The molecule has 0 radical (unpaired) electrons. The highest BCUT2D eigenvalue weighted by Gasteiger charge is 2.35. The number of carbonyl (C=O) groups is 3. The van der Waals surface area contributed by atoms with Gasteiger partial charge in [0.05, 0.1) is 34.1 Å². The summed E-state index contributed by atoms with van der Waals surface area (Å²) < 4.78 is 11.5. The minimum absolute atomic E-state index is 0.0393. The van der Waals surface area contributed by atoms with Gasteiger partial charge in [0.25, 0.3) is 0 Å². The van der Waals surface area contributed by atoms with Crippen LogP contribution < -0.4 is 10.5 Å². The molecule has 8 heteroatoms.